The average molecular weight is 558 g/mol. The normalized spacial score (nSPS) is 13.1. The number of alkyl halides is 11. The van der Waals surface area contributed by atoms with Crippen molar-refractivity contribution in [3.63, 3.8) is 0 Å². The van der Waals surface area contributed by atoms with Crippen LogP contribution in [0.1, 0.15) is 0 Å². The van der Waals surface area contributed by atoms with Gasteiger partial charge in [-0.15, -0.1) is 0 Å². The monoisotopic (exact) mass is 558 g/mol. The topological polar surface area (TPSA) is 24.1 Å². The Kier molecular flexibility index (Phi) is 7.18. The Balaban J connectivity index is 3.49. The largest absolute Gasteiger partial charge is 0.459 e. The molecule has 0 fully saturated rings. The SMILES string of the molecule is FC(F)(F)C(=C(NC(=S)Nc1ccc(I)cc1)C(F)(F)C(F)(F)F)C(F)(F)F. The number of hydrogen-bond acceptors (Lipinski definition) is 1. The quantitative estimate of drug-likeness (QED) is 0.265. The molecule has 2 N–H and O–H groups in total. The van der Waals surface area contributed by atoms with Crippen molar-refractivity contribution in [2.45, 2.75) is 24.5 Å². The maximum Gasteiger partial charge on any atom is 0.459 e. The number of benzene rings is 1. The Hall–Kier alpha value is -1.39. The van der Waals surface area contributed by atoms with Gasteiger partial charge in [0.25, 0.3) is 0 Å². The van der Waals surface area contributed by atoms with Crippen molar-refractivity contribution in [2.24, 2.45) is 0 Å². The van der Waals surface area contributed by atoms with Gasteiger partial charge in [-0.1, -0.05) is 0 Å². The molecule has 0 bridgehead atoms. The first-order valence-corrected chi connectivity index (χ1v) is 8.03. The molecule has 28 heavy (non-hydrogen) atoms. The van der Waals surface area contributed by atoms with Gasteiger partial charge in [-0.05, 0) is 59.1 Å². The highest BCUT2D eigenvalue weighted by atomic mass is 127. The van der Waals surface area contributed by atoms with Crippen LogP contribution in [0.15, 0.2) is 35.5 Å². The fraction of sp³-hybridized carbons (Fsp3) is 0.308. The summed E-state index contributed by atoms with van der Waals surface area (Å²) < 4.78 is 142. The molecule has 1 rings (SSSR count). The lowest BCUT2D eigenvalue weighted by Gasteiger charge is -2.28. The summed E-state index contributed by atoms with van der Waals surface area (Å²) in [6.45, 7) is 0. The van der Waals surface area contributed by atoms with Crippen LogP contribution >= 0.6 is 34.8 Å². The minimum Gasteiger partial charge on any atom is -0.332 e. The van der Waals surface area contributed by atoms with E-state index < -0.39 is 40.8 Å². The molecular weight excluding hydrogens is 552 g/mol. The molecule has 158 valence electrons. The number of nitrogens with one attached hydrogen (secondary N) is 2. The van der Waals surface area contributed by atoms with E-state index in [-0.39, 0.29) is 5.69 Å². The molecule has 1 aromatic rings. The van der Waals surface area contributed by atoms with Gasteiger partial charge < -0.3 is 10.6 Å². The van der Waals surface area contributed by atoms with Crippen molar-refractivity contribution >= 4 is 45.6 Å². The number of hydrogen-bond donors (Lipinski definition) is 2. The van der Waals surface area contributed by atoms with Gasteiger partial charge >= 0.3 is 24.5 Å². The van der Waals surface area contributed by atoms with E-state index in [1.165, 1.54) is 24.3 Å². The fourth-order valence-electron chi connectivity index (χ4n) is 1.69. The molecule has 0 aliphatic heterocycles. The molecule has 0 saturated carbocycles. The minimum absolute atomic E-state index is 0.0897. The third-order valence-electron chi connectivity index (χ3n) is 2.83. The lowest BCUT2D eigenvalue weighted by atomic mass is 10.1. The van der Waals surface area contributed by atoms with E-state index in [0.717, 1.165) is 5.32 Å². The highest BCUT2D eigenvalue weighted by Gasteiger charge is 2.66. The second-order valence-electron chi connectivity index (χ2n) is 4.90. The second-order valence-corrected chi connectivity index (χ2v) is 6.56. The smallest absolute Gasteiger partial charge is 0.332 e. The van der Waals surface area contributed by atoms with Gasteiger partial charge in [-0.2, -0.15) is 48.3 Å². The van der Waals surface area contributed by atoms with Crippen LogP contribution in [0, 0.1) is 3.57 Å². The van der Waals surface area contributed by atoms with Gasteiger partial charge in [-0.25, -0.2) is 0 Å². The maximum absolute atomic E-state index is 13.5. The molecule has 0 saturated heterocycles. The number of halogens is 12. The third kappa shape index (κ3) is 6.05. The first-order chi connectivity index (χ1) is 12.4. The zero-order valence-electron chi connectivity index (χ0n) is 12.8. The van der Waals surface area contributed by atoms with Crippen LogP contribution in [0.2, 0.25) is 0 Å². The summed E-state index contributed by atoms with van der Waals surface area (Å²) in [6.07, 6.45) is -19.9. The molecule has 2 nitrogen and oxygen atoms in total. The maximum atomic E-state index is 13.5. The van der Waals surface area contributed by atoms with Crippen molar-refractivity contribution in [3.05, 3.63) is 39.1 Å². The predicted molar refractivity (Wildman–Crippen MR) is 88.7 cm³/mol. The summed E-state index contributed by atoms with van der Waals surface area (Å²) in [5, 5.41) is 1.32. The Morgan fingerprint density at radius 2 is 1.21 bits per heavy atom. The molecule has 0 heterocycles. The number of anilines is 1. The Bertz CT molecular complexity index is 732. The van der Waals surface area contributed by atoms with Gasteiger partial charge in [0, 0.05) is 9.26 Å². The van der Waals surface area contributed by atoms with E-state index in [2.05, 4.69) is 12.2 Å². The molecule has 0 spiro atoms. The zero-order chi connectivity index (χ0) is 22.1. The van der Waals surface area contributed by atoms with E-state index in [1.807, 2.05) is 27.9 Å². The molecule has 0 radical (unpaired) electrons. The van der Waals surface area contributed by atoms with Gasteiger partial charge in [0.05, 0.1) is 0 Å². The van der Waals surface area contributed by atoms with Gasteiger partial charge in [0.1, 0.15) is 5.70 Å². The van der Waals surface area contributed by atoms with Crippen molar-refractivity contribution < 1.29 is 48.3 Å². The summed E-state index contributed by atoms with van der Waals surface area (Å²) in [5.74, 6) is -6.54. The van der Waals surface area contributed by atoms with E-state index >= 15 is 0 Å². The summed E-state index contributed by atoms with van der Waals surface area (Å²) in [7, 11) is 0. The van der Waals surface area contributed by atoms with Gasteiger partial charge in [-0.3, -0.25) is 0 Å². The minimum atomic E-state index is -6.77. The lowest BCUT2D eigenvalue weighted by molar-refractivity contribution is -0.269. The Morgan fingerprint density at radius 1 is 0.786 bits per heavy atom. The highest BCUT2D eigenvalue weighted by molar-refractivity contribution is 14.1. The van der Waals surface area contributed by atoms with E-state index in [4.69, 9.17) is 0 Å². The van der Waals surface area contributed by atoms with E-state index in [0.29, 0.717) is 3.57 Å². The van der Waals surface area contributed by atoms with Crippen molar-refractivity contribution in [1.82, 2.24) is 5.32 Å². The molecule has 0 aliphatic rings. The first-order valence-electron chi connectivity index (χ1n) is 6.54. The number of allylic oxidation sites excluding steroid dienone is 2. The Morgan fingerprint density at radius 3 is 1.57 bits per heavy atom. The molecule has 0 atom stereocenters. The molecule has 1 aromatic carbocycles. The molecule has 0 aromatic heterocycles. The fourth-order valence-corrected chi connectivity index (χ4v) is 2.27. The summed E-state index contributed by atoms with van der Waals surface area (Å²) >= 11 is 6.15. The molecule has 0 unspecified atom stereocenters. The van der Waals surface area contributed by atoms with Crippen molar-refractivity contribution in [1.29, 1.82) is 0 Å². The van der Waals surface area contributed by atoms with Crippen LogP contribution in [0.5, 0.6) is 0 Å². The lowest BCUT2D eigenvalue weighted by Crippen LogP contribution is -2.49. The molecule has 15 heteroatoms. The first kappa shape index (κ1) is 24.6. The van der Waals surface area contributed by atoms with Crippen LogP contribution in [0.3, 0.4) is 0 Å². The van der Waals surface area contributed by atoms with E-state index in [1.54, 1.807) is 0 Å². The molecule has 0 amide bonds. The van der Waals surface area contributed by atoms with Gasteiger partial charge in [0.15, 0.2) is 10.7 Å². The predicted octanol–water partition coefficient (Wildman–Crippen LogP) is 6.15. The number of rotatable bonds is 3. The van der Waals surface area contributed by atoms with Crippen LogP contribution in [-0.4, -0.2) is 29.6 Å². The standard InChI is InChI=1S/C13H6F11IN2S/c14-10(15,13(22,23)24)8(7(11(16,17)18)12(19,20)21)27-9(28)26-6-3-1-5(25)2-4-6/h1-4H,(H2,26,27,28). The highest BCUT2D eigenvalue weighted by Crippen LogP contribution is 2.48. The average Bonchev–Trinajstić information content (AvgIpc) is 2.44. The van der Waals surface area contributed by atoms with Crippen molar-refractivity contribution in [2.75, 3.05) is 5.32 Å². The van der Waals surface area contributed by atoms with Crippen LogP contribution in [0.4, 0.5) is 54.0 Å². The van der Waals surface area contributed by atoms with Crippen molar-refractivity contribution in [3.8, 4) is 0 Å². The van der Waals surface area contributed by atoms with E-state index in [9.17, 15) is 48.3 Å². The molecule has 0 aliphatic carbocycles. The third-order valence-corrected chi connectivity index (χ3v) is 3.75. The van der Waals surface area contributed by atoms with Crippen LogP contribution < -0.4 is 10.6 Å². The summed E-state index contributed by atoms with van der Waals surface area (Å²) in [4.78, 5) is 0. The zero-order valence-corrected chi connectivity index (χ0v) is 15.7. The second kappa shape index (κ2) is 8.16. The molecular formula is C13H6F11IN2S. The van der Waals surface area contributed by atoms with Gasteiger partial charge in [0.2, 0.25) is 0 Å². The Labute approximate surface area is 168 Å². The summed E-state index contributed by atoms with van der Waals surface area (Å²) in [6, 6.07) is 5.19. The van der Waals surface area contributed by atoms with Crippen LogP contribution in [0.25, 0.3) is 0 Å². The van der Waals surface area contributed by atoms with Crippen LogP contribution in [-0.2, 0) is 0 Å². The number of thiocarbonyl (C=S) groups is 1. The summed E-state index contributed by atoms with van der Waals surface area (Å²) in [5.41, 5.74) is -7.63.